The smallest absolute Gasteiger partial charge is 0.142 e. The number of piperidine rings is 1. The highest BCUT2D eigenvalue weighted by Crippen LogP contribution is 2.36. The van der Waals surface area contributed by atoms with Crippen LogP contribution in [0.15, 0.2) is 55.1 Å². The summed E-state index contributed by atoms with van der Waals surface area (Å²) in [7, 11) is 3.46. The van der Waals surface area contributed by atoms with Crippen LogP contribution < -0.4 is 19.7 Å². The predicted molar refractivity (Wildman–Crippen MR) is 155 cm³/mol. The van der Waals surface area contributed by atoms with Crippen LogP contribution in [0.1, 0.15) is 55.7 Å². The average molecular weight is 550 g/mol. The van der Waals surface area contributed by atoms with Crippen molar-refractivity contribution in [2.75, 3.05) is 52.0 Å². The highest BCUT2D eigenvalue weighted by atomic mass is 16.5. The zero-order chi connectivity index (χ0) is 27.7. The SMILES string of the molecule is CC[C@H](C[C@H]1C[C@H](c2ccc(OC)cc2)[C@@H](OCc2ccc3c(c2)N(CCCOC)CCO3)CN1)n1cncn1. The van der Waals surface area contributed by atoms with Gasteiger partial charge >= 0.3 is 0 Å². The Labute approximate surface area is 237 Å². The van der Waals surface area contributed by atoms with Gasteiger partial charge in [-0.2, -0.15) is 5.10 Å². The number of nitrogens with zero attached hydrogens (tertiary/aromatic N) is 4. The normalized spacial score (nSPS) is 21.5. The first-order valence-corrected chi connectivity index (χ1v) is 14.5. The van der Waals surface area contributed by atoms with E-state index in [0.717, 1.165) is 74.7 Å². The maximum atomic E-state index is 6.67. The van der Waals surface area contributed by atoms with Gasteiger partial charge in [-0.15, -0.1) is 0 Å². The zero-order valence-electron chi connectivity index (χ0n) is 24.0. The molecule has 216 valence electrons. The van der Waals surface area contributed by atoms with E-state index >= 15 is 0 Å². The van der Waals surface area contributed by atoms with Crippen molar-refractivity contribution in [3.05, 3.63) is 66.2 Å². The van der Waals surface area contributed by atoms with E-state index in [-0.39, 0.29) is 12.0 Å². The molecular weight excluding hydrogens is 506 g/mol. The van der Waals surface area contributed by atoms with Gasteiger partial charge in [-0.3, -0.25) is 0 Å². The molecule has 1 saturated heterocycles. The van der Waals surface area contributed by atoms with E-state index < -0.39 is 0 Å². The lowest BCUT2D eigenvalue weighted by Crippen LogP contribution is -2.47. The zero-order valence-corrected chi connectivity index (χ0v) is 24.0. The Balaban J connectivity index is 1.28. The molecule has 3 heterocycles. The molecule has 0 radical (unpaired) electrons. The molecule has 40 heavy (non-hydrogen) atoms. The fourth-order valence-corrected chi connectivity index (χ4v) is 5.96. The summed E-state index contributed by atoms with van der Waals surface area (Å²) in [6, 6.07) is 15.6. The third-order valence-electron chi connectivity index (χ3n) is 8.20. The quantitative estimate of drug-likeness (QED) is 0.310. The predicted octanol–water partition coefficient (Wildman–Crippen LogP) is 4.59. The molecule has 9 heteroatoms. The van der Waals surface area contributed by atoms with Crippen molar-refractivity contribution in [3.63, 3.8) is 0 Å². The molecule has 1 fully saturated rings. The molecule has 2 aromatic carbocycles. The second-order valence-electron chi connectivity index (χ2n) is 10.7. The largest absolute Gasteiger partial charge is 0.497 e. The minimum atomic E-state index is 0.0566. The molecule has 0 aliphatic carbocycles. The Morgan fingerprint density at radius 1 is 1.15 bits per heavy atom. The summed E-state index contributed by atoms with van der Waals surface area (Å²) < 4.78 is 25.3. The number of benzene rings is 2. The molecule has 0 saturated carbocycles. The first-order chi connectivity index (χ1) is 19.7. The van der Waals surface area contributed by atoms with E-state index in [1.165, 1.54) is 5.56 Å². The summed E-state index contributed by atoms with van der Waals surface area (Å²) in [6.45, 7) is 6.88. The van der Waals surface area contributed by atoms with Crippen LogP contribution in [-0.4, -0.2) is 74.0 Å². The van der Waals surface area contributed by atoms with Gasteiger partial charge < -0.3 is 29.2 Å². The molecule has 9 nitrogen and oxygen atoms in total. The monoisotopic (exact) mass is 549 g/mol. The van der Waals surface area contributed by atoms with Crippen molar-refractivity contribution >= 4 is 5.69 Å². The maximum Gasteiger partial charge on any atom is 0.142 e. The van der Waals surface area contributed by atoms with Gasteiger partial charge in [-0.25, -0.2) is 9.67 Å². The van der Waals surface area contributed by atoms with Crippen LogP contribution in [-0.2, 0) is 16.1 Å². The first kappa shape index (κ1) is 28.4. The highest BCUT2D eigenvalue weighted by Gasteiger charge is 2.33. The summed E-state index contributed by atoms with van der Waals surface area (Å²) in [5.41, 5.74) is 3.60. The minimum absolute atomic E-state index is 0.0566. The van der Waals surface area contributed by atoms with Crippen LogP contribution in [0.2, 0.25) is 0 Å². The molecule has 5 rings (SSSR count). The second-order valence-corrected chi connectivity index (χ2v) is 10.7. The average Bonchev–Trinajstić information content (AvgIpc) is 3.54. The van der Waals surface area contributed by atoms with Gasteiger partial charge in [0.05, 0.1) is 38.1 Å². The highest BCUT2D eigenvalue weighted by molar-refractivity contribution is 5.61. The summed E-state index contributed by atoms with van der Waals surface area (Å²) in [6.07, 6.45) is 7.50. The number of rotatable bonds is 13. The van der Waals surface area contributed by atoms with E-state index in [9.17, 15) is 0 Å². The van der Waals surface area contributed by atoms with Gasteiger partial charge in [-0.05, 0) is 61.1 Å². The van der Waals surface area contributed by atoms with Crippen molar-refractivity contribution in [2.45, 2.75) is 63.3 Å². The fourth-order valence-electron chi connectivity index (χ4n) is 5.96. The molecular formula is C31H43N5O4. The first-order valence-electron chi connectivity index (χ1n) is 14.5. The number of anilines is 1. The molecule has 0 bridgehead atoms. The fraction of sp³-hybridized carbons (Fsp3) is 0.548. The molecule has 0 unspecified atom stereocenters. The molecule has 0 spiro atoms. The van der Waals surface area contributed by atoms with Crippen LogP contribution in [0.4, 0.5) is 5.69 Å². The van der Waals surface area contributed by atoms with Gasteiger partial charge in [-0.1, -0.05) is 25.1 Å². The van der Waals surface area contributed by atoms with Gasteiger partial charge in [0.15, 0.2) is 0 Å². The maximum absolute atomic E-state index is 6.67. The third-order valence-corrected chi connectivity index (χ3v) is 8.20. The third kappa shape index (κ3) is 6.95. The Morgan fingerprint density at radius 3 is 2.77 bits per heavy atom. The van der Waals surface area contributed by atoms with Crippen molar-refractivity contribution in [1.29, 1.82) is 0 Å². The molecule has 4 atom stereocenters. The lowest BCUT2D eigenvalue weighted by molar-refractivity contribution is 0.00103. The van der Waals surface area contributed by atoms with Gasteiger partial charge in [0.1, 0.15) is 30.8 Å². The summed E-state index contributed by atoms with van der Waals surface area (Å²) in [4.78, 5) is 6.56. The number of ether oxygens (including phenoxy) is 4. The van der Waals surface area contributed by atoms with Crippen LogP contribution in [0.3, 0.4) is 0 Å². The van der Waals surface area contributed by atoms with Gasteiger partial charge in [0.25, 0.3) is 0 Å². The summed E-state index contributed by atoms with van der Waals surface area (Å²) in [5.74, 6) is 2.09. The molecule has 2 aliphatic rings. The second kappa shape index (κ2) is 14.0. The minimum Gasteiger partial charge on any atom is -0.497 e. The molecule has 1 aromatic heterocycles. The topological polar surface area (TPSA) is 82.9 Å². The van der Waals surface area contributed by atoms with E-state index in [0.29, 0.717) is 25.3 Å². The van der Waals surface area contributed by atoms with Crippen LogP contribution in [0, 0.1) is 0 Å². The summed E-state index contributed by atoms with van der Waals surface area (Å²) in [5, 5.41) is 8.19. The lowest BCUT2D eigenvalue weighted by atomic mass is 9.82. The molecule has 0 amide bonds. The molecule has 2 aliphatic heterocycles. The molecule has 1 N–H and O–H groups in total. The Kier molecular flexibility index (Phi) is 9.91. The van der Waals surface area contributed by atoms with E-state index in [1.54, 1.807) is 20.5 Å². The summed E-state index contributed by atoms with van der Waals surface area (Å²) >= 11 is 0. The number of hydrogen-bond acceptors (Lipinski definition) is 8. The van der Waals surface area contributed by atoms with Gasteiger partial charge in [0.2, 0.25) is 0 Å². The Hall–Kier alpha value is -3.14. The number of aromatic nitrogens is 3. The Bertz CT molecular complexity index is 1170. The van der Waals surface area contributed by atoms with Crippen molar-refractivity contribution in [3.8, 4) is 11.5 Å². The van der Waals surface area contributed by atoms with E-state index in [1.807, 2.05) is 11.0 Å². The number of hydrogen-bond donors (Lipinski definition) is 1. The standard InChI is InChI=1S/C31H43N5O4/c1-4-26(36-22-32-21-34-36)17-25-18-28(24-7-9-27(38-3)10-8-24)31(19-33-25)40-20-23-6-11-30-29(16-23)35(13-15-39-30)12-5-14-37-2/h6-11,16,21-22,25-26,28,31,33H,4-5,12-15,17-20H2,1-3H3/t25-,26+,28+,31-/m0/s1. The van der Waals surface area contributed by atoms with E-state index in [4.69, 9.17) is 18.9 Å². The Morgan fingerprint density at radius 2 is 2.02 bits per heavy atom. The number of nitrogens with one attached hydrogen (secondary N) is 1. The van der Waals surface area contributed by atoms with Crippen LogP contribution in [0.25, 0.3) is 0 Å². The van der Waals surface area contributed by atoms with E-state index in [2.05, 4.69) is 69.7 Å². The number of fused-ring (bicyclic) bond motifs is 1. The van der Waals surface area contributed by atoms with Crippen molar-refractivity contribution < 1.29 is 18.9 Å². The number of methoxy groups -OCH3 is 2. The van der Waals surface area contributed by atoms with Crippen LogP contribution >= 0.6 is 0 Å². The van der Waals surface area contributed by atoms with Crippen LogP contribution in [0.5, 0.6) is 11.5 Å². The lowest BCUT2D eigenvalue weighted by Gasteiger charge is -2.38. The van der Waals surface area contributed by atoms with Crippen molar-refractivity contribution in [2.24, 2.45) is 0 Å². The van der Waals surface area contributed by atoms with Gasteiger partial charge in [0, 0.05) is 38.8 Å². The van der Waals surface area contributed by atoms with Crippen molar-refractivity contribution in [1.82, 2.24) is 20.1 Å². The molecule has 3 aromatic rings.